The van der Waals surface area contributed by atoms with Gasteiger partial charge in [0.05, 0.1) is 10.7 Å². The first-order chi connectivity index (χ1) is 9.29. The molecule has 2 aromatic rings. The zero-order valence-corrected chi connectivity index (χ0v) is 12.7. The number of H-pyrrole nitrogens is 1. The summed E-state index contributed by atoms with van der Waals surface area (Å²) in [6, 6.07) is 5.37. The van der Waals surface area contributed by atoms with Crippen LogP contribution in [0.4, 0.5) is 5.69 Å². The van der Waals surface area contributed by atoms with Crippen LogP contribution in [0.3, 0.4) is 0 Å². The van der Waals surface area contributed by atoms with Gasteiger partial charge in [0, 0.05) is 11.2 Å². The van der Waals surface area contributed by atoms with Crippen LogP contribution < -0.4 is 10.3 Å². The summed E-state index contributed by atoms with van der Waals surface area (Å²) in [5, 5.41) is 0.303. The van der Waals surface area contributed by atoms with Gasteiger partial charge >= 0.3 is 0 Å². The van der Waals surface area contributed by atoms with Crippen molar-refractivity contribution in [3.63, 3.8) is 0 Å². The van der Waals surface area contributed by atoms with Crippen LogP contribution >= 0.6 is 34.8 Å². The van der Waals surface area contributed by atoms with Crippen LogP contribution in [0, 0.1) is 0 Å². The Hall–Kier alpha value is -1.21. The molecule has 2 N–H and O–H groups in total. The molecular weight excluding hydrogens is 347 g/mol. The van der Waals surface area contributed by atoms with Crippen molar-refractivity contribution in [1.82, 2.24) is 4.98 Å². The van der Waals surface area contributed by atoms with Gasteiger partial charge in [-0.05, 0) is 24.3 Å². The third-order valence-electron chi connectivity index (χ3n) is 2.32. The SMILES string of the molecule is O=c1[nH]cc(S(=O)(=O)Nc2ccc(Cl)cc2Cl)cc1Cl. The zero-order chi connectivity index (χ0) is 14.9. The third kappa shape index (κ3) is 3.27. The van der Waals surface area contributed by atoms with Gasteiger partial charge in [-0.2, -0.15) is 0 Å². The molecule has 1 aromatic carbocycles. The standard InChI is InChI=1S/C11H7Cl3N2O3S/c12-6-1-2-10(8(13)3-6)16-20(18,19)7-4-9(14)11(17)15-5-7/h1-5,16H,(H,15,17). The number of rotatable bonds is 3. The van der Waals surface area contributed by atoms with Gasteiger partial charge < -0.3 is 4.98 Å². The van der Waals surface area contributed by atoms with Gasteiger partial charge in [0.2, 0.25) is 0 Å². The Morgan fingerprint density at radius 1 is 1.05 bits per heavy atom. The third-order valence-corrected chi connectivity index (χ3v) is 4.49. The number of pyridine rings is 1. The van der Waals surface area contributed by atoms with E-state index in [0.717, 1.165) is 12.3 Å². The highest BCUT2D eigenvalue weighted by molar-refractivity contribution is 7.92. The number of hydrogen-bond donors (Lipinski definition) is 2. The molecule has 0 aliphatic heterocycles. The molecule has 2 rings (SSSR count). The molecule has 1 aromatic heterocycles. The predicted molar refractivity (Wildman–Crippen MR) is 79.3 cm³/mol. The Morgan fingerprint density at radius 2 is 1.75 bits per heavy atom. The number of nitrogens with one attached hydrogen (secondary N) is 2. The van der Waals surface area contributed by atoms with E-state index in [1.54, 1.807) is 0 Å². The highest BCUT2D eigenvalue weighted by atomic mass is 35.5. The predicted octanol–water partition coefficient (Wildman–Crippen LogP) is 3.14. The monoisotopic (exact) mass is 352 g/mol. The van der Waals surface area contributed by atoms with Crippen LogP contribution in [0.5, 0.6) is 0 Å². The van der Waals surface area contributed by atoms with Crippen LogP contribution in [0.25, 0.3) is 0 Å². The van der Waals surface area contributed by atoms with Crippen LogP contribution in [0.2, 0.25) is 15.1 Å². The van der Waals surface area contributed by atoms with Crippen molar-refractivity contribution in [3.05, 3.63) is 55.9 Å². The molecule has 0 radical (unpaired) electrons. The Labute approximate surface area is 129 Å². The second kappa shape index (κ2) is 5.65. The largest absolute Gasteiger partial charge is 0.326 e. The summed E-state index contributed by atoms with van der Waals surface area (Å²) in [6.07, 6.45) is 1.04. The molecule has 0 atom stereocenters. The molecule has 0 spiro atoms. The minimum Gasteiger partial charge on any atom is -0.326 e. The normalized spacial score (nSPS) is 11.3. The van der Waals surface area contributed by atoms with E-state index in [1.165, 1.54) is 18.2 Å². The second-order valence-corrected chi connectivity index (χ2v) is 6.68. The minimum absolute atomic E-state index is 0.150. The molecule has 0 bridgehead atoms. The Morgan fingerprint density at radius 3 is 2.35 bits per heavy atom. The molecule has 106 valence electrons. The maximum absolute atomic E-state index is 12.1. The van der Waals surface area contributed by atoms with Gasteiger partial charge in [-0.25, -0.2) is 8.42 Å². The summed E-state index contributed by atoms with van der Waals surface area (Å²) in [5.74, 6) is 0. The zero-order valence-electron chi connectivity index (χ0n) is 9.65. The Bertz CT molecular complexity index is 818. The average Bonchev–Trinajstić information content (AvgIpc) is 2.36. The van der Waals surface area contributed by atoms with E-state index in [0.29, 0.717) is 5.02 Å². The highest BCUT2D eigenvalue weighted by Crippen LogP contribution is 2.27. The lowest BCUT2D eigenvalue weighted by atomic mass is 10.3. The fourth-order valence-electron chi connectivity index (χ4n) is 1.37. The Kier molecular flexibility index (Phi) is 4.29. The lowest BCUT2D eigenvalue weighted by Crippen LogP contribution is -2.16. The summed E-state index contributed by atoms with van der Waals surface area (Å²) in [7, 11) is -3.92. The summed E-state index contributed by atoms with van der Waals surface area (Å²) in [4.78, 5) is 13.1. The van der Waals surface area contributed by atoms with E-state index in [4.69, 9.17) is 34.8 Å². The van der Waals surface area contributed by atoms with Gasteiger partial charge in [-0.15, -0.1) is 0 Å². The second-order valence-electron chi connectivity index (χ2n) is 3.74. The summed E-state index contributed by atoms with van der Waals surface area (Å²) >= 11 is 17.2. The Balaban J connectivity index is 2.40. The number of hydrogen-bond acceptors (Lipinski definition) is 3. The number of sulfonamides is 1. The van der Waals surface area contributed by atoms with Gasteiger partial charge in [0.25, 0.3) is 15.6 Å². The molecule has 20 heavy (non-hydrogen) atoms. The maximum Gasteiger partial charge on any atom is 0.266 e. The lowest BCUT2D eigenvalue weighted by molar-refractivity contribution is 0.600. The van der Waals surface area contributed by atoms with Gasteiger partial charge in [-0.1, -0.05) is 34.8 Å². The van der Waals surface area contributed by atoms with Gasteiger partial charge in [0.1, 0.15) is 9.92 Å². The van der Waals surface area contributed by atoms with E-state index in [9.17, 15) is 13.2 Å². The molecule has 0 aliphatic rings. The molecule has 0 aliphatic carbocycles. The molecule has 0 saturated carbocycles. The van der Waals surface area contributed by atoms with Gasteiger partial charge in [0.15, 0.2) is 0 Å². The average molecular weight is 354 g/mol. The lowest BCUT2D eigenvalue weighted by Gasteiger charge is -2.09. The van der Waals surface area contributed by atoms with Crippen LogP contribution in [-0.4, -0.2) is 13.4 Å². The van der Waals surface area contributed by atoms with Crippen LogP contribution in [0.15, 0.2) is 40.2 Å². The number of aromatic nitrogens is 1. The summed E-state index contributed by atoms with van der Waals surface area (Å²) in [5.41, 5.74) is -0.409. The first-order valence-electron chi connectivity index (χ1n) is 5.16. The van der Waals surface area contributed by atoms with E-state index in [-0.39, 0.29) is 20.6 Å². The molecule has 0 unspecified atom stereocenters. The molecular formula is C11H7Cl3N2O3S. The van der Waals surface area contributed by atoms with Crippen LogP contribution in [0.1, 0.15) is 0 Å². The number of aromatic amines is 1. The molecule has 1 heterocycles. The number of halogens is 3. The molecule has 0 amide bonds. The quantitative estimate of drug-likeness (QED) is 0.889. The summed E-state index contributed by atoms with van der Waals surface area (Å²) < 4.78 is 26.5. The van der Waals surface area contributed by atoms with Gasteiger partial charge in [-0.3, -0.25) is 9.52 Å². The smallest absolute Gasteiger partial charge is 0.266 e. The fourth-order valence-corrected chi connectivity index (χ4v) is 3.19. The van der Waals surface area contributed by atoms with E-state index < -0.39 is 15.6 Å². The molecule has 5 nitrogen and oxygen atoms in total. The topological polar surface area (TPSA) is 79.0 Å². The van der Waals surface area contributed by atoms with Crippen LogP contribution in [-0.2, 0) is 10.0 Å². The number of anilines is 1. The highest BCUT2D eigenvalue weighted by Gasteiger charge is 2.17. The first kappa shape index (κ1) is 15.2. The fraction of sp³-hybridized carbons (Fsp3) is 0. The van der Waals surface area contributed by atoms with E-state index in [2.05, 4.69) is 9.71 Å². The van der Waals surface area contributed by atoms with E-state index in [1.807, 2.05) is 0 Å². The minimum atomic E-state index is -3.92. The maximum atomic E-state index is 12.1. The van der Waals surface area contributed by atoms with E-state index >= 15 is 0 Å². The first-order valence-corrected chi connectivity index (χ1v) is 7.77. The summed E-state index contributed by atoms with van der Waals surface area (Å²) in [6.45, 7) is 0. The van der Waals surface area contributed by atoms with Crippen molar-refractivity contribution in [2.45, 2.75) is 4.90 Å². The van der Waals surface area contributed by atoms with Crippen molar-refractivity contribution >= 4 is 50.5 Å². The van der Waals surface area contributed by atoms with Crippen molar-refractivity contribution in [1.29, 1.82) is 0 Å². The van der Waals surface area contributed by atoms with Crippen molar-refractivity contribution < 1.29 is 8.42 Å². The number of benzene rings is 1. The van der Waals surface area contributed by atoms with Crippen molar-refractivity contribution in [2.75, 3.05) is 4.72 Å². The molecule has 0 saturated heterocycles. The van der Waals surface area contributed by atoms with Crippen molar-refractivity contribution in [3.8, 4) is 0 Å². The molecule has 9 heteroatoms. The molecule has 0 fully saturated rings. The van der Waals surface area contributed by atoms with Crippen molar-refractivity contribution in [2.24, 2.45) is 0 Å².